The smallest absolute Gasteiger partial charge is 0.252 e. The molecule has 0 radical (unpaired) electrons. The fraction of sp³-hybridized carbons (Fsp3) is 0.500. The van der Waals surface area contributed by atoms with Gasteiger partial charge < -0.3 is 20.4 Å². The minimum atomic E-state index is -0.0422. The molecule has 0 aliphatic carbocycles. The molecule has 0 aromatic heterocycles. The number of piperidine rings is 2. The number of carbonyl (C=O) groups excluding carboxylic acids is 2. The van der Waals surface area contributed by atoms with E-state index in [-0.39, 0.29) is 11.8 Å². The quantitative estimate of drug-likeness (QED) is 0.406. The van der Waals surface area contributed by atoms with E-state index >= 15 is 0 Å². The van der Waals surface area contributed by atoms with Crippen molar-refractivity contribution in [2.45, 2.75) is 48.3 Å². The van der Waals surface area contributed by atoms with Gasteiger partial charge in [0.15, 0.2) is 0 Å². The summed E-state index contributed by atoms with van der Waals surface area (Å²) < 4.78 is 0. The highest BCUT2D eigenvalue weighted by Gasteiger charge is 2.17. The second kappa shape index (κ2) is 14.7. The SMILES string of the molecule is O=C(NCCN1CCCCC1)c1ccccc1SSc1ccccc1C(=O)NCCN1CCCCC1. The molecule has 4 rings (SSSR count). The molecule has 2 amide bonds. The van der Waals surface area contributed by atoms with Crippen LogP contribution in [0.5, 0.6) is 0 Å². The van der Waals surface area contributed by atoms with Gasteiger partial charge in [0.2, 0.25) is 0 Å². The second-order valence-corrected chi connectivity index (χ2v) is 11.7. The molecule has 0 bridgehead atoms. The highest BCUT2D eigenvalue weighted by molar-refractivity contribution is 8.76. The van der Waals surface area contributed by atoms with Crippen LogP contribution in [0.3, 0.4) is 0 Å². The van der Waals surface area contributed by atoms with Crippen LogP contribution in [0.2, 0.25) is 0 Å². The molecule has 6 nitrogen and oxygen atoms in total. The van der Waals surface area contributed by atoms with E-state index in [2.05, 4.69) is 20.4 Å². The summed E-state index contributed by atoms with van der Waals surface area (Å²) in [5.74, 6) is -0.0844. The van der Waals surface area contributed by atoms with Gasteiger partial charge in [-0.3, -0.25) is 9.59 Å². The number of benzene rings is 2. The van der Waals surface area contributed by atoms with Crippen LogP contribution < -0.4 is 10.6 Å². The Balaban J connectivity index is 1.29. The number of amides is 2. The van der Waals surface area contributed by atoms with Gasteiger partial charge in [-0.25, -0.2) is 0 Å². The topological polar surface area (TPSA) is 64.7 Å². The van der Waals surface area contributed by atoms with Crippen molar-refractivity contribution in [1.82, 2.24) is 20.4 Å². The summed E-state index contributed by atoms with van der Waals surface area (Å²) in [7, 11) is 3.05. The molecule has 36 heavy (non-hydrogen) atoms. The summed E-state index contributed by atoms with van der Waals surface area (Å²) >= 11 is 0. The first kappa shape index (κ1) is 27.0. The minimum absolute atomic E-state index is 0.0422. The van der Waals surface area contributed by atoms with E-state index in [0.29, 0.717) is 24.2 Å². The molecule has 2 aromatic rings. The van der Waals surface area contributed by atoms with Crippen molar-refractivity contribution < 1.29 is 9.59 Å². The van der Waals surface area contributed by atoms with Crippen LogP contribution in [0, 0.1) is 0 Å². The lowest BCUT2D eigenvalue weighted by Gasteiger charge is -2.26. The summed E-state index contributed by atoms with van der Waals surface area (Å²) in [6.45, 7) is 7.63. The van der Waals surface area contributed by atoms with Crippen molar-refractivity contribution in [2.75, 3.05) is 52.4 Å². The highest BCUT2D eigenvalue weighted by atomic mass is 33.1. The van der Waals surface area contributed by atoms with Gasteiger partial charge in [-0.2, -0.15) is 0 Å². The van der Waals surface area contributed by atoms with Gasteiger partial charge in [-0.15, -0.1) is 0 Å². The third-order valence-corrected chi connectivity index (χ3v) is 9.29. The van der Waals surface area contributed by atoms with Crippen molar-refractivity contribution in [2.24, 2.45) is 0 Å². The molecule has 0 saturated carbocycles. The van der Waals surface area contributed by atoms with Crippen LogP contribution in [0.1, 0.15) is 59.2 Å². The zero-order valence-electron chi connectivity index (χ0n) is 21.0. The Morgan fingerprint density at radius 2 is 1.00 bits per heavy atom. The van der Waals surface area contributed by atoms with E-state index in [1.54, 1.807) is 0 Å². The van der Waals surface area contributed by atoms with E-state index < -0.39 is 0 Å². The summed E-state index contributed by atoms with van der Waals surface area (Å²) in [4.78, 5) is 32.5. The van der Waals surface area contributed by atoms with E-state index in [1.807, 2.05) is 48.5 Å². The van der Waals surface area contributed by atoms with Gasteiger partial charge >= 0.3 is 0 Å². The monoisotopic (exact) mass is 526 g/mol. The van der Waals surface area contributed by atoms with Gasteiger partial charge in [0.1, 0.15) is 0 Å². The van der Waals surface area contributed by atoms with E-state index in [1.165, 1.54) is 60.1 Å². The first-order valence-corrected chi connectivity index (χ1v) is 15.4. The Bertz CT molecular complexity index is 912. The predicted octanol–water partition coefficient (Wildman–Crippen LogP) is 4.92. The molecular weight excluding hydrogens is 488 g/mol. The van der Waals surface area contributed by atoms with Gasteiger partial charge in [0, 0.05) is 36.0 Å². The standard InChI is InChI=1S/C28H38N4O2S2/c33-27(29-15-21-31-17-7-1-8-18-31)23-11-3-5-13-25(23)35-36-26-14-6-4-12-24(26)28(34)30-16-22-32-19-9-2-10-20-32/h3-6,11-14H,1-2,7-10,15-22H2,(H,29,33)(H,30,34). The average Bonchev–Trinajstić information content (AvgIpc) is 2.93. The summed E-state index contributed by atoms with van der Waals surface area (Å²) in [5, 5.41) is 6.19. The molecule has 2 aromatic carbocycles. The maximum atomic E-state index is 12.9. The maximum Gasteiger partial charge on any atom is 0.252 e. The molecule has 0 atom stereocenters. The van der Waals surface area contributed by atoms with Crippen LogP contribution in [-0.2, 0) is 0 Å². The van der Waals surface area contributed by atoms with Crippen LogP contribution in [-0.4, -0.2) is 74.0 Å². The lowest BCUT2D eigenvalue weighted by atomic mass is 10.1. The molecule has 0 unspecified atom stereocenters. The maximum absolute atomic E-state index is 12.9. The van der Waals surface area contributed by atoms with Crippen LogP contribution in [0.15, 0.2) is 58.3 Å². The lowest BCUT2D eigenvalue weighted by molar-refractivity contribution is 0.0935. The average molecular weight is 527 g/mol. The largest absolute Gasteiger partial charge is 0.351 e. The van der Waals surface area contributed by atoms with E-state index in [9.17, 15) is 9.59 Å². The Kier molecular flexibility index (Phi) is 11.0. The van der Waals surface area contributed by atoms with Crippen molar-refractivity contribution in [3.8, 4) is 0 Å². The highest BCUT2D eigenvalue weighted by Crippen LogP contribution is 2.40. The molecular formula is C28H38N4O2S2. The molecule has 2 aliphatic heterocycles. The second-order valence-electron chi connectivity index (χ2n) is 9.48. The first-order valence-electron chi connectivity index (χ1n) is 13.2. The zero-order chi connectivity index (χ0) is 25.0. The number of rotatable bonds is 11. The summed E-state index contributed by atoms with van der Waals surface area (Å²) in [6, 6.07) is 15.4. The Hall–Kier alpha value is -2.00. The molecule has 8 heteroatoms. The van der Waals surface area contributed by atoms with Crippen LogP contribution in [0.4, 0.5) is 0 Å². The summed E-state index contributed by atoms with van der Waals surface area (Å²) in [6.07, 6.45) is 7.64. The van der Waals surface area contributed by atoms with Crippen LogP contribution >= 0.6 is 21.6 Å². The van der Waals surface area contributed by atoms with Crippen LogP contribution in [0.25, 0.3) is 0 Å². The fourth-order valence-corrected chi connectivity index (χ4v) is 7.11. The minimum Gasteiger partial charge on any atom is -0.351 e. The van der Waals surface area contributed by atoms with Gasteiger partial charge in [-0.05, 0) is 76.1 Å². The Morgan fingerprint density at radius 1 is 0.611 bits per heavy atom. The summed E-state index contributed by atoms with van der Waals surface area (Å²) in [5.41, 5.74) is 1.36. The number of nitrogens with one attached hydrogen (secondary N) is 2. The van der Waals surface area contributed by atoms with Gasteiger partial charge in [0.25, 0.3) is 11.8 Å². The lowest BCUT2D eigenvalue weighted by Crippen LogP contribution is -2.37. The van der Waals surface area contributed by atoms with Crippen molar-refractivity contribution in [1.29, 1.82) is 0 Å². The molecule has 194 valence electrons. The van der Waals surface area contributed by atoms with Crippen molar-refractivity contribution in [3.63, 3.8) is 0 Å². The predicted molar refractivity (Wildman–Crippen MR) is 150 cm³/mol. The third kappa shape index (κ3) is 8.26. The van der Waals surface area contributed by atoms with E-state index in [4.69, 9.17) is 0 Å². The molecule has 0 spiro atoms. The number of nitrogens with zero attached hydrogens (tertiary/aromatic N) is 2. The first-order chi connectivity index (χ1) is 17.7. The van der Waals surface area contributed by atoms with Gasteiger partial charge in [0.05, 0.1) is 11.1 Å². The zero-order valence-corrected chi connectivity index (χ0v) is 22.7. The van der Waals surface area contributed by atoms with Gasteiger partial charge in [-0.1, -0.05) is 58.7 Å². The molecule has 2 N–H and O–H groups in total. The molecule has 2 fully saturated rings. The molecule has 2 aliphatic rings. The molecule has 2 saturated heterocycles. The van der Waals surface area contributed by atoms with Crippen molar-refractivity contribution in [3.05, 3.63) is 59.7 Å². The van der Waals surface area contributed by atoms with Crippen molar-refractivity contribution >= 4 is 33.4 Å². The van der Waals surface area contributed by atoms with E-state index in [0.717, 1.165) is 49.1 Å². The third-order valence-electron chi connectivity index (χ3n) is 6.81. The fourth-order valence-electron chi connectivity index (χ4n) is 4.76. The normalized spacial score (nSPS) is 17.0. The Labute approximate surface area is 223 Å². The Morgan fingerprint density at radius 3 is 1.42 bits per heavy atom. The number of carbonyl (C=O) groups is 2. The number of likely N-dealkylation sites (tertiary alicyclic amines) is 2. The number of hydrogen-bond acceptors (Lipinski definition) is 6. The molecule has 2 heterocycles. The number of hydrogen-bond donors (Lipinski definition) is 2.